The van der Waals surface area contributed by atoms with Crippen LogP contribution in [0, 0.1) is 0 Å². The Kier molecular flexibility index (Phi) is 7.51. The Bertz CT molecular complexity index is 1060. The normalized spacial score (nSPS) is 10.7. The molecular formula is C22H24BrN3O5. The van der Waals surface area contributed by atoms with E-state index in [0.717, 1.165) is 11.3 Å². The van der Waals surface area contributed by atoms with Gasteiger partial charge in [-0.15, -0.1) is 0 Å². The average molecular weight is 490 g/mol. The van der Waals surface area contributed by atoms with Gasteiger partial charge in [0.05, 0.1) is 23.9 Å². The molecule has 8 nitrogen and oxygen atoms in total. The van der Waals surface area contributed by atoms with Gasteiger partial charge >= 0.3 is 5.97 Å². The summed E-state index contributed by atoms with van der Waals surface area (Å²) in [5.74, 6) is 0.609. The molecule has 1 aromatic carbocycles. The Labute approximate surface area is 188 Å². The van der Waals surface area contributed by atoms with Crippen LogP contribution in [-0.4, -0.2) is 35.3 Å². The maximum atomic E-state index is 12.5. The number of benzene rings is 1. The molecule has 3 aromatic rings. The summed E-state index contributed by atoms with van der Waals surface area (Å²) in [7, 11) is 1.61. The lowest BCUT2D eigenvalue weighted by Gasteiger charge is -2.05. The predicted molar refractivity (Wildman–Crippen MR) is 119 cm³/mol. The highest BCUT2D eigenvalue weighted by Crippen LogP contribution is 2.32. The van der Waals surface area contributed by atoms with Crippen LogP contribution in [0.15, 0.2) is 45.7 Å². The quantitative estimate of drug-likeness (QED) is 0.438. The average Bonchev–Trinajstić information content (AvgIpc) is 3.35. The van der Waals surface area contributed by atoms with E-state index in [1.165, 1.54) is 0 Å². The summed E-state index contributed by atoms with van der Waals surface area (Å²) in [6.45, 7) is 4.62. The Morgan fingerprint density at radius 3 is 2.58 bits per heavy atom. The van der Waals surface area contributed by atoms with Gasteiger partial charge in [-0.05, 0) is 54.0 Å². The van der Waals surface area contributed by atoms with Crippen molar-refractivity contribution in [3.05, 3.63) is 52.5 Å². The third-order valence-electron chi connectivity index (χ3n) is 4.66. The van der Waals surface area contributed by atoms with Crippen LogP contribution in [0.3, 0.4) is 0 Å². The number of nitrogens with zero attached hydrogens (tertiary/aromatic N) is 2. The molecule has 0 saturated carbocycles. The fourth-order valence-corrected chi connectivity index (χ4v) is 3.57. The molecule has 0 aliphatic rings. The smallest absolute Gasteiger partial charge is 0.341 e. The third kappa shape index (κ3) is 5.35. The number of nitrogens with one attached hydrogen (secondary N) is 1. The van der Waals surface area contributed by atoms with Gasteiger partial charge in [0.25, 0.3) is 0 Å². The van der Waals surface area contributed by atoms with E-state index in [0.29, 0.717) is 40.1 Å². The van der Waals surface area contributed by atoms with Crippen molar-refractivity contribution >= 4 is 33.5 Å². The van der Waals surface area contributed by atoms with Crippen LogP contribution >= 0.6 is 15.9 Å². The highest BCUT2D eigenvalue weighted by molar-refractivity contribution is 9.10. The molecule has 0 fully saturated rings. The second kappa shape index (κ2) is 10.3. The van der Waals surface area contributed by atoms with Gasteiger partial charge in [0.15, 0.2) is 5.76 Å². The monoisotopic (exact) mass is 489 g/mol. The van der Waals surface area contributed by atoms with Crippen molar-refractivity contribution in [1.29, 1.82) is 0 Å². The standard InChI is InChI=1S/C22H24BrN3O5/c1-4-26-12-16(22(28)30-5-2)17(13-26)24-19(27)11-10-18-20(23)21(25-31-18)14-6-8-15(29-3)9-7-14/h6-9,12-13H,4-5,10-11H2,1-3H3,(H,24,27). The molecule has 164 valence electrons. The second-order valence-electron chi connectivity index (χ2n) is 6.68. The lowest BCUT2D eigenvalue weighted by atomic mass is 10.1. The van der Waals surface area contributed by atoms with Crippen LogP contribution in [0.25, 0.3) is 11.3 Å². The molecule has 1 N–H and O–H groups in total. The Balaban J connectivity index is 1.66. The van der Waals surface area contributed by atoms with Gasteiger partial charge in [0.1, 0.15) is 17.0 Å². The van der Waals surface area contributed by atoms with Gasteiger partial charge in [0, 0.05) is 37.3 Å². The molecule has 0 radical (unpaired) electrons. The van der Waals surface area contributed by atoms with Crippen LogP contribution in [0.2, 0.25) is 0 Å². The lowest BCUT2D eigenvalue weighted by Crippen LogP contribution is -2.15. The van der Waals surface area contributed by atoms with Crippen molar-refractivity contribution in [2.75, 3.05) is 19.0 Å². The molecule has 2 heterocycles. The first-order valence-corrected chi connectivity index (χ1v) is 10.7. The van der Waals surface area contributed by atoms with Gasteiger partial charge in [-0.2, -0.15) is 0 Å². The Hall–Kier alpha value is -3.07. The van der Waals surface area contributed by atoms with Crippen LogP contribution < -0.4 is 10.1 Å². The highest BCUT2D eigenvalue weighted by atomic mass is 79.9. The zero-order chi connectivity index (χ0) is 22.4. The van der Waals surface area contributed by atoms with Crippen molar-refractivity contribution in [1.82, 2.24) is 9.72 Å². The summed E-state index contributed by atoms with van der Waals surface area (Å²) in [5.41, 5.74) is 2.29. The van der Waals surface area contributed by atoms with Gasteiger partial charge in [-0.1, -0.05) is 5.16 Å². The van der Waals surface area contributed by atoms with E-state index < -0.39 is 5.97 Å². The zero-order valence-electron chi connectivity index (χ0n) is 17.6. The van der Waals surface area contributed by atoms with E-state index >= 15 is 0 Å². The molecule has 0 atom stereocenters. The summed E-state index contributed by atoms with van der Waals surface area (Å²) in [6, 6.07) is 7.45. The molecule has 31 heavy (non-hydrogen) atoms. The molecule has 0 aliphatic heterocycles. The van der Waals surface area contributed by atoms with Gasteiger partial charge < -0.3 is 23.9 Å². The van der Waals surface area contributed by atoms with Crippen LogP contribution in [0.1, 0.15) is 36.4 Å². The minimum Gasteiger partial charge on any atom is -0.497 e. The Morgan fingerprint density at radius 1 is 1.19 bits per heavy atom. The van der Waals surface area contributed by atoms with E-state index in [9.17, 15) is 9.59 Å². The second-order valence-corrected chi connectivity index (χ2v) is 7.47. The summed E-state index contributed by atoms with van der Waals surface area (Å²) >= 11 is 3.52. The molecule has 2 aromatic heterocycles. The number of hydrogen-bond acceptors (Lipinski definition) is 6. The molecule has 3 rings (SSSR count). The zero-order valence-corrected chi connectivity index (χ0v) is 19.2. The van der Waals surface area contributed by atoms with E-state index in [-0.39, 0.29) is 18.9 Å². The lowest BCUT2D eigenvalue weighted by molar-refractivity contribution is -0.116. The first-order valence-electron chi connectivity index (χ1n) is 9.92. The van der Waals surface area contributed by atoms with Crippen molar-refractivity contribution < 1.29 is 23.6 Å². The number of methoxy groups -OCH3 is 1. The van der Waals surface area contributed by atoms with Gasteiger partial charge in [0.2, 0.25) is 5.91 Å². The van der Waals surface area contributed by atoms with Crippen molar-refractivity contribution in [2.45, 2.75) is 33.2 Å². The molecular weight excluding hydrogens is 466 g/mol. The van der Waals surface area contributed by atoms with Crippen molar-refractivity contribution in [3.63, 3.8) is 0 Å². The number of carbonyl (C=O) groups is 2. The molecule has 0 saturated heterocycles. The topological polar surface area (TPSA) is 95.6 Å². The maximum absolute atomic E-state index is 12.5. The maximum Gasteiger partial charge on any atom is 0.341 e. The fraction of sp³-hybridized carbons (Fsp3) is 0.318. The highest BCUT2D eigenvalue weighted by Gasteiger charge is 2.19. The molecule has 0 spiro atoms. The Morgan fingerprint density at radius 2 is 1.94 bits per heavy atom. The number of esters is 1. The minimum atomic E-state index is -0.466. The molecule has 0 unspecified atom stereocenters. The molecule has 0 bridgehead atoms. The SMILES string of the molecule is CCOC(=O)c1cn(CC)cc1NC(=O)CCc1onc(-c2ccc(OC)cc2)c1Br. The van der Waals surface area contributed by atoms with Crippen LogP contribution in [-0.2, 0) is 22.5 Å². The number of halogens is 1. The largest absolute Gasteiger partial charge is 0.497 e. The number of hydrogen-bond donors (Lipinski definition) is 1. The number of aryl methyl sites for hydroxylation is 2. The minimum absolute atomic E-state index is 0.162. The summed E-state index contributed by atoms with van der Waals surface area (Å²) in [4.78, 5) is 24.7. The summed E-state index contributed by atoms with van der Waals surface area (Å²) in [6.07, 6.45) is 3.90. The summed E-state index contributed by atoms with van der Waals surface area (Å²) in [5, 5.41) is 6.91. The van der Waals surface area contributed by atoms with Crippen LogP contribution in [0.5, 0.6) is 5.75 Å². The number of rotatable bonds is 9. The van der Waals surface area contributed by atoms with E-state index in [4.69, 9.17) is 14.0 Å². The third-order valence-corrected chi connectivity index (χ3v) is 5.47. The van der Waals surface area contributed by atoms with Gasteiger partial charge in [-0.3, -0.25) is 4.79 Å². The van der Waals surface area contributed by atoms with Crippen molar-refractivity contribution in [2.24, 2.45) is 0 Å². The first-order chi connectivity index (χ1) is 15.0. The van der Waals surface area contributed by atoms with Gasteiger partial charge in [-0.25, -0.2) is 4.79 Å². The number of carbonyl (C=O) groups excluding carboxylic acids is 2. The number of anilines is 1. The number of amides is 1. The van der Waals surface area contributed by atoms with E-state index in [2.05, 4.69) is 26.4 Å². The summed E-state index contributed by atoms with van der Waals surface area (Å²) < 4.78 is 18.2. The fourth-order valence-electron chi connectivity index (χ4n) is 3.00. The number of ether oxygens (including phenoxy) is 2. The predicted octanol–water partition coefficient (Wildman–Crippen LogP) is 4.68. The van der Waals surface area contributed by atoms with E-state index in [1.807, 2.05) is 35.8 Å². The molecule has 9 heteroatoms. The van der Waals surface area contributed by atoms with E-state index in [1.54, 1.807) is 26.4 Å². The number of aromatic nitrogens is 2. The van der Waals surface area contributed by atoms with Crippen molar-refractivity contribution in [3.8, 4) is 17.0 Å². The molecule has 1 amide bonds. The first kappa shape index (κ1) is 22.6. The molecule has 0 aliphatic carbocycles. The van der Waals surface area contributed by atoms with Crippen LogP contribution in [0.4, 0.5) is 5.69 Å².